The van der Waals surface area contributed by atoms with Crippen molar-refractivity contribution in [2.75, 3.05) is 0 Å². The first-order valence-electron chi connectivity index (χ1n) is 8.55. The molecular formula is C19H23NO5S. The molecule has 7 heteroatoms. The second-order valence-corrected chi connectivity index (χ2v) is 9.84. The first-order chi connectivity index (χ1) is 11.9. The molecule has 1 aromatic carbocycles. The van der Waals surface area contributed by atoms with Crippen molar-refractivity contribution in [3.63, 3.8) is 0 Å². The van der Waals surface area contributed by atoms with Gasteiger partial charge in [-0.05, 0) is 64.2 Å². The molecule has 0 bridgehead atoms. The number of ether oxygens (including phenoxy) is 1. The Hall–Kier alpha value is -2.15. The van der Waals surface area contributed by atoms with Crippen LogP contribution in [0.2, 0.25) is 0 Å². The number of allylic oxidation sites excluding steroid dienone is 2. The molecule has 3 rings (SSSR count). The van der Waals surface area contributed by atoms with E-state index in [4.69, 9.17) is 4.74 Å². The van der Waals surface area contributed by atoms with Crippen LogP contribution in [-0.2, 0) is 19.6 Å². The fourth-order valence-corrected chi connectivity index (χ4v) is 4.27. The monoisotopic (exact) mass is 377 g/mol. The number of carbonyl (C=O) groups excluding carboxylic acids is 2. The number of Topliss-reactive ketones (excluding diaryl/α,β-unsaturated/α-hetero) is 1. The Morgan fingerprint density at radius 1 is 1.15 bits per heavy atom. The number of carbonyl (C=O) groups is 2. The molecule has 0 N–H and O–H groups in total. The highest BCUT2D eigenvalue weighted by Crippen LogP contribution is 2.55. The normalized spacial score (nSPS) is 18.6. The fraction of sp³-hybridized carbons (Fsp3) is 0.474. The average Bonchev–Trinajstić information content (AvgIpc) is 3.16. The minimum atomic E-state index is -4.26. The summed E-state index contributed by atoms with van der Waals surface area (Å²) in [6, 6.07) is 6.14. The van der Waals surface area contributed by atoms with Gasteiger partial charge in [0.2, 0.25) is 0 Å². The zero-order valence-electron chi connectivity index (χ0n) is 15.4. The minimum Gasteiger partial charge on any atom is -0.443 e. The molecule has 0 aromatic heterocycles. The Morgan fingerprint density at radius 3 is 2.19 bits per heavy atom. The average molecular weight is 377 g/mol. The van der Waals surface area contributed by atoms with E-state index in [2.05, 4.69) is 0 Å². The highest BCUT2D eigenvalue weighted by molar-refractivity contribution is 7.89. The second-order valence-electron chi connectivity index (χ2n) is 8.05. The zero-order chi connectivity index (χ0) is 19.3. The number of ketones is 1. The number of nitrogens with zero attached hydrogens (tertiary/aromatic N) is 1. The quantitative estimate of drug-likeness (QED) is 0.804. The summed E-state index contributed by atoms with van der Waals surface area (Å²) >= 11 is 0. The molecule has 1 spiro atoms. The molecule has 1 fully saturated rings. The predicted molar refractivity (Wildman–Crippen MR) is 95.8 cm³/mol. The lowest BCUT2D eigenvalue weighted by Crippen LogP contribution is -2.41. The fourth-order valence-electron chi connectivity index (χ4n) is 2.93. The highest BCUT2D eigenvalue weighted by Gasteiger charge is 2.51. The molecule has 0 saturated heterocycles. The van der Waals surface area contributed by atoms with Crippen LogP contribution in [0.1, 0.15) is 45.6 Å². The lowest BCUT2D eigenvalue weighted by atomic mass is 10.1. The van der Waals surface area contributed by atoms with Crippen LogP contribution in [0, 0.1) is 12.3 Å². The smallest absolute Gasteiger partial charge is 0.429 e. The van der Waals surface area contributed by atoms with Crippen LogP contribution in [0.4, 0.5) is 4.79 Å². The molecule has 0 heterocycles. The molecule has 1 amide bonds. The van der Waals surface area contributed by atoms with Crippen molar-refractivity contribution in [1.29, 1.82) is 0 Å². The van der Waals surface area contributed by atoms with Crippen molar-refractivity contribution in [1.82, 2.24) is 4.31 Å². The third kappa shape index (κ3) is 3.53. The number of hydrogen-bond donors (Lipinski definition) is 0. The van der Waals surface area contributed by atoms with Crippen LogP contribution in [0.3, 0.4) is 0 Å². The first kappa shape index (κ1) is 18.6. The molecular weight excluding hydrogens is 354 g/mol. The third-order valence-corrected chi connectivity index (χ3v) is 6.17. The van der Waals surface area contributed by atoms with Crippen LogP contribution in [0.25, 0.3) is 0 Å². The minimum absolute atomic E-state index is 0.0561. The summed E-state index contributed by atoms with van der Waals surface area (Å²) in [5.41, 5.74) is -0.384. The Bertz CT molecular complexity index is 887. The van der Waals surface area contributed by atoms with Crippen molar-refractivity contribution in [3.05, 3.63) is 41.6 Å². The van der Waals surface area contributed by atoms with Crippen LogP contribution in [0.5, 0.6) is 0 Å². The summed E-state index contributed by atoms with van der Waals surface area (Å²) in [6.07, 6.45) is 2.47. The zero-order valence-corrected chi connectivity index (χ0v) is 16.2. The molecule has 1 saturated carbocycles. The van der Waals surface area contributed by atoms with Gasteiger partial charge in [0.05, 0.1) is 4.90 Å². The Kier molecular flexibility index (Phi) is 4.26. The molecule has 0 radical (unpaired) electrons. The largest absolute Gasteiger partial charge is 0.443 e. The van der Waals surface area contributed by atoms with Gasteiger partial charge in [0, 0.05) is 6.42 Å². The maximum Gasteiger partial charge on any atom is 0.429 e. The molecule has 0 atom stereocenters. The van der Waals surface area contributed by atoms with E-state index in [1.807, 2.05) is 6.92 Å². The predicted octanol–water partition coefficient (Wildman–Crippen LogP) is 3.56. The van der Waals surface area contributed by atoms with E-state index < -0.39 is 21.7 Å². The number of rotatable bonds is 3. The maximum atomic E-state index is 13.2. The number of amides is 1. The molecule has 26 heavy (non-hydrogen) atoms. The molecule has 6 nitrogen and oxygen atoms in total. The van der Waals surface area contributed by atoms with E-state index in [0.29, 0.717) is 4.31 Å². The van der Waals surface area contributed by atoms with Crippen LogP contribution >= 0.6 is 0 Å². The van der Waals surface area contributed by atoms with Gasteiger partial charge < -0.3 is 4.74 Å². The van der Waals surface area contributed by atoms with Crippen molar-refractivity contribution < 1.29 is 22.7 Å². The van der Waals surface area contributed by atoms with Crippen LogP contribution < -0.4 is 0 Å². The summed E-state index contributed by atoms with van der Waals surface area (Å²) in [5.74, 6) is -0.343. The van der Waals surface area contributed by atoms with E-state index >= 15 is 0 Å². The molecule has 2 aliphatic rings. The number of aryl methyl sites for hydroxylation is 1. The van der Waals surface area contributed by atoms with E-state index in [9.17, 15) is 18.0 Å². The Balaban J connectivity index is 2.07. The van der Waals surface area contributed by atoms with E-state index in [1.54, 1.807) is 39.0 Å². The van der Waals surface area contributed by atoms with Gasteiger partial charge in [-0.2, -0.15) is 4.31 Å². The van der Waals surface area contributed by atoms with Gasteiger partial charge in [0.15, 0.2) is 5.78 Å². The van der Waals surface area contributed by atoms with Gasteiger partial charge in [-0.15, -0.1) is 0 Å². The molecule has 1 aromatic rings. The summed E-state index contributed by atoms with van der Waals surface area (Å²) in [5, 5.41) is 0. The highest BCUT2D eigenvalue weighted by atomic mass is 32.2. The number of sulfonamides is 1. The van der Waals surface area contributed by atoms with Crippen molar-refractivity contribution in [3.8, 4) is 0 Å². The maximum absolute atomic E-state index is 13.2. The van der Waals surface area contributed by atoms with Gasteiger partial charge >= 0.3 is 6.09 Å². The second kappa shape index (κ2) is 5.94. The van der Waals surface area contributed by atoms with Crippen LogP contribution in [-0.4, -0.2) is 30.2 Å². The van der Waals surface area contributed by atoms with Crippen molar-refractivity contribution >= 4 is 21.9 Å². The van der Waals surface area contributed by atoms with Gasteiger partial charge in [-0.25, -0.2) is 13.2 Å². The number of hydrogen-bond acceptors (Lipinski definition) is 5. The number of benzene rings is 1. The lowest BCUT2D eigenvalue weighted by Gasteiger charge is -2.27. The van der Waals surface area contributed by atoms with Gasteiger partial charge in [-0.3, -0.25) is 4.79 Å². The summed E-state index contributed by atoms with van der Waals surface area (Å²) in [4.78, 5) is 25.2. The lowest BCUT2D eigenvalue weighted by molar-refractivity contribution is -0.116. The Morgan fingerprint density at radius 2 is 1.73 bits per heavy atom. The van der Waals surface area contributed by atoms with Gasteiger partial charge in [-0.1, -0.05) is 17.7 Å². The van der Waals surface area contributed by atoms with Crippen molar-refractivity contribution in [2.45, 2.75) is 57.5 Å². The molecule has 140 valence electrons. The standard InChI is InChI=1S/C19H23NO5S/c1-13-5-7-14(8-6-13)26(23,24)20(17(22)25-18(2,3)4)15-11-19(9-10-19)12-16(15)21/h5-8,11H,9-10,12H2,1-4H3. The van der Waals surface area contributed by atoms with Crippen LogP contribution in [0.15, 0.2) is 40.9 Å². The van der Waals surface area contributed by atoms with Gasteiger partial charge in [0.1, 0.15) is 11.3 Å². The topological polar surface area (TPSA) is 80.8 Å². The molecule has 2 aliphatic carbocycles. The first-order valence-corrected chi connectivity index (χ1v) is 9.99. The molecule has 0 unspecified atom stereocenters. The Labute approximate surface area is 153 Å². The molecule has 0 aliphatic heterocycles. The van der Waals surface area contributed by atoms with E-state index in [-0.39, 0.29) is 28.2 Å². The third-order valence-electron chi connectivity index (χ3n) is 4.47. The van der Waals surface area contributed by atoms with Gasteiger partial charge in [0.25, 0.3) is 10.0 Å². The SMILES string of the molecule is Cc1ccc(S(=O)(=O)N(C(=O)OC(C)(C)C)C2=CC3(CC3)CC2=O)cc1. The van der Waals surface area contributed by atoms with E-state index in [1.165, 1.54) is 12.1 Å². The van der Waals surface area contributed by atoms with E-state index in [0.717, 1.165) is 18.4 Å². The summed E-state index contributed by atoms with van der Waals surface area (Å²) < 4.78 is 32.2. The summed E-state index contributed by atoms with van der Waals surface area (Å²) in [7, 11) is -4.26. The van der Waals surface area contributed by atoms with Crippen molar-refractivity contribution in [2.24, 2.45) is 5.41 Å². The summed E-state index contributed by atoms with van der Waals surface area (Å²) in [6.45, 7) is 6.78.